The van der Waals surface area contributed by atoms with Crippen molar-refractivity contribution in [3.8, 4) is 0 Å². The van der Waals surface area contributed by atoms with E-state index >= 15 is 0 Å². The normalized spacial score (nSPS) is 13.6. The average Bonchev–Trinajstić information content (AvgIpc) is 3.52. The Morgan fingerprint density at radius 1 is 0.449 bits per heavy atom. The molecule has 0 spiro atoms. The molecule has 0 aliphatic carbocycles. The molecule has 3 aromatic rings. The molecule has 3 heterocycles. The Labute approximate surface area is 452 Å². The molecular weight excluding hydrogens is 914 g/mol. The number of rotatable bonds is 1. The maximum absolute atomic E-state index is 4.66. The fourth-order valence-electron chi connectivity index (χ4n) is 9.14. The maximum atomic E-state index is 4.66. The molecule has 0 fully saturated rings. The third-order valence-electron chi connectivity index (χ3n) is 10.7. The second-order valence-corrected chi connectivity index (χ2v) is 32.8. The first-order valence-electron chi connectivity index (χ1n) is 25.6. The van der Waals surface area contributed by atoms with E-state index in [-0.39, 0.29) is 61.9 Å². The second kappa shape index (κ2) is 25.6. The first kappa shape index (κ1) is 71.7. The van der Waals surface area contributed by atoms with Crippen molar-refractivity contribution in [1.29, 1.82) is 0 Å². The minimum atomic E-state index is 0. The summed E-state index contributed by atoms with van der Waals surface area (Å²) in [6.45, 7) is 82.5. The molecular formula is C63H113N3S2V. The number of hydrogen-bond donors (Lipinski definition) is 0. The van der Waals surface area contributed by atoms with Gasteiger partial charge in [-0.2, -0.15) is 11.6 Å². The van der Waals surface area contributed by atoms with E-state index in [4.69, 9.17) is 0 Å². The zero-order chi connectivity index (χ0) is 55.2. The first-order valence-corrected chi connectivity index (χ1v) is 27.2. The van der Waals surface area contributed by atoms with Gasteiger partial charge in [-0.05, 0) is 108 Å². The number of thiophene rings is 2. The van der Waals surface area contributed by atoms with Crippen LogP contribution in [0.5, 0.6) is 0 Å². The van der Waals surface area contributed by atoms with Crippen LogP contribution in [0.25, 0.3) is 0 Å². The zero-order valence-electron chi connectivity index (χ0n) is 52.8. The quantitative estimate of drug-likeness (QED) is 0.180. The Bertz CT molecular complexity index is 2020. The van der Waals surface area contributed by atoms with Crippen LogP contribution >= 0.6 is 22.7 Å². The molecule has 0 N–H and O–H groups in total. The molecule has 0 aromatic carbocycles. The predicted octanol–water partition coefficient (Wildman–Crippen LogP) is 20.8. The van der Waals surface area contributed by atoms with Crippen LogP contribution < -0.4 is 0 Å². The summed E-state index contributed by atoms with van der Waals surface area (Å²) in [4.78, 5) is 19.4. The van der Waals surface area contributed by atoms with Crippen molar-refractivity contribution >= 4 is 28.9 Å². The van der Waals surface area contributed by atoms with Gasteiger partial charge in [0.1, 0.15) is 5.82 Å². The minimum Gasteiger partial charge on any atom is -0.574 e. The minimum absolute atomic E-state index is 0. The fraction of sp³-hybridized carbons (Fsp3) is 0.762. The van der Waals surface area contributed by atoms with Crippen LogP contribution in [0.15, 0.2) is 10.7 Å². The zero-order valence-corrected chi connectivity index (χ0v) is 55.8. The van der Waals surface area contributed by atoms with Gasteiger partial charge in [-0.1, -0.05) is 213 Å². The molecule has 0 amide bonds. The van der Waals surface area contributed by atoms with E-state index in [2.05, 4.69) is 270 Å². The van der Waals surface area contributed by atoms with E-state index < -0.39 is 0 Å². The van der Waals surface area contributed by atoms with Crippen LogP contribution in [0.3, 0.4) is 0 Å². The van der Waals surface area contributed by atoms with Gasteiger partial charge in [-0.3, -0.25) is 5.70 Å². The standard InChI is InChI=1S/C14H24N2.2C14H24S.C12H21N.C9H20.V/c1-9-11(13(3,4)5)12(14(6,7)8)16-10(2)15-9;1-9-11(13(3,4)5)12(10(2)15-9)14(6,7)8;1-9-10(2)15-12(14(6,7)8)11(9)13(3,4)5;1-8-13-10(12(5,6)7)9-11(2,3)4;1-8(2,3)7-9(4,5)6;/h1-8H3;2*1-8H3;1-7H3;7H2,1-6H3;/q;;;-2;;+2. The molecule has 69 heavy (non-hydrogen) atoms. The van der Waals surface area contributed by atoms with Gasteiger partial charge in [0.05, 0.1) is 5.69 Å². The Morgan fingerprint density at radius 3 is 1.04 bits per heavy atom. The van der Waals surface area contributed by atoms with Crippen molar-refractivity contribution in [2.45, 2.75) is 295 Å². The van der Waals surface area contributed by atoms with E-state index in [1.54, 1.807) is 21.6 Å². The summed E-state index contributed by atoms with van der Waals surface area (Å²) < 4.78 is 0. The van der Waals surface area contributed by atoms with E-state index in [0.717, 1.165) is 17.2 Å². The molecule has 0 bridgehead atoms. The van der Waals surface area contributed by atoms with Crippen molar-refractivity contribution in [2.24, 2.45) is 26.7 Å². The van der Waals surface area contributed by atoms with Gasteiger partial charge in [0.25, 0.3) is 0 Å². The third kappa shape index (κ3) is 26.3. The van der Waals surface area contributed by atoms with Crippen molar-refractivity contribution < 1.29 is 18.6 Å². The van der Waals surface area contributed by atoms with Crippen molar-refractivity contribution in [3.63, 3.8) is 0 Å². The number of allylic oxidation sites excluding steroid dienone is 2. The third-order valence-corrected chi connectivity index (χ3v) is 13.4. The van der Waals surface area contributed by atoms with Crippen LogP contribution in [0, 0.1) is 69.3 Å². The summed E-state index contributed by atoms with van der Waals surface area (Å²) in [5, 5.41) is 0. The first-order chi connectivity index (χ1) is 29.5. The van der Waals surface area contributed by atoms with Gasteiger partial charge in [-0.15, -0.1) is 29.6 Å². The average molecular weight is 1030 g/mol. The Balaban J connectivity index is -0.000000795. The summed E-state index contributed by atoms with van der Waals surface area (Å²) in [5.41, 5.74) is 13.1. The van der Waals surface area contributed by atoms with Gasteiger partial charge in [-0.25, -0.2) is 9.97 Å². The molecule has 0 unspecified atom stereocenters. The Hall–Kier alpha value is -1.53. The Kier molecular flexibility index (Phi) is 26.6. The number of aryl methyl sites for hydroxylation is 5. The van der Waals surface area contributed by atoms with Crippen molar-refractivity contribution in [1.82, 2.24) is 9.97 Å². The molecule has 0 atom stereocenters. The molecule has 0 saturated carbocycles. The molecule has 6 heteroatoms. The van der Waals surface area contributed by atoms with Crippen LogP contribution in [-0.4, -0.2) is 16.2 Å². The summed E-state index contributed by atoms with van der Waals surface area (Å²) >= 11 is 3.92. The molecule has 0 saturated heterocycles. The van der Waals surface area contributed by atoms with Gasteiger partial charge < -0.3 is 11.1 Å². The van der Waals surface area contributed by atoms with E-state index in [1.807, 2.05) is 36.5 Å². The van der Waals surface area contributed by atoms with E-state index in [0.29, 0.717) is 10.8 Å². The molecule has 3 nitrogen and oxygen atoms in total. The van der Waals surface area contributed by atoms with Crippen LogP contribution in [0.4, 0.5) is 0 Å². The monoisotopic (exact) mass is 1030 g/mol. The van der Waals surface area contributed by atoms with E-state index in [1.165, 1.54) is 37.9 Å². The Morgan fingerprint density at radius 2 is 0.812 bits per heavy atom. The topological polar surface area (TPSA) is 38.1 Å². The number of hydrogen-bond acceptors (Lipinski definition) is 5. The summed E-state index contributed by atoms with van der Waals surface area (Å²) in [7, 11) is 0. The maximum Gasteiger partial charge on any atom is 2.00 e. The SMILES string of the molecule is CC(C)(C)CC(C)(C)C.C[C-]=NC(=[C-]C(C)(C)C)C(C)(C)C.Cc1nc(C)c(C(C)(C)C)c(C(C)(C)C)n1.Cc1sc(C(C)(C)C)c(C(C)(C)C)c1C.Cc1sc(C)c(C(C)(C)C)c1C(C)(C)C.[V+2]. The molecule has 3 aromatic heterocycles. The molecule has 1 radical (unpaired) electrons. The number of aliphatic imine (C=N–C) groups is 1. The molecule has 3 rings (SSSR count). The van der Waals surface area contributed by atoms with Crippen molar-refractivity contribution in [2.75, 3.05) is 0 Å². The molecule has 0 aliphatic rings. The number of aromatic nitrogens is 2. The predicted molar refractivity (Wildman–Crippen MR) is 314 cm³/mol. The van der Waals surface area contributed by atoms with Gasteiger partial charge in [0, 0.05) is 36.2 Å². The largest absolute Gasteiger partial charge is 2.00 e. The smallest absolute Gasteiger partial charge is 0.574 e. The van der Waals surface area contributed by atoms with Gasteiger partial charge in [0.2, 0.25) is 0 Å². The molecule has 0 aliphatic heterocycles. The van der Waals surface area contributed by atoms with Crippen molar-refractivity contribution in [3.05, 3.63) is 76.3 Å². The van der Waals surface area contributed by atoms with Gasteiger partial charge in [0.15, 0.2) is 0 Å². The number of nitrogens with zero attached hydrogens (tertiary/aromatic N) is 3. The van der Waals surface area contributed by atoms with Crippen LogP contribution in [0.2, 0.25) is 0 Å². The van der Waals surface area contributed by atoms with E-state index in [9.17, 15) is 0 Å². The molecule has 397 valence electrons. The van der Waals surface area contributed by atoms with Crippen LogP contribution in [0.1, 0.15) is 286 Å². The van der Waals surface area contributed by atoms with Crippen LogP contribution in [-0.2, 0) is 51.0 Å². The fourth-order valence-corrected chi connectivity index (χ4v) is 12.1. The summed E-state index contributed by atoms with van der Waals surface area (Å²) in [6, 6.07) is 0. The van der Waals surface area contributed by atoms with Gasteiger partial charge >= 0.3 is 18.6 Å². The summed E-state index contributed by atoms with van der Waals surface area (Å²) in [5.74, 6) is 0.871. The summed E-state index contributed by atoms with van der Waals surface area (Å²) in [6.07, 6.45) is 7.50. The second-order valence-electron chi connectivity index (χ2n) is 30.1.